The van der Waals surface area contributed by atoms with Gasteiger partial charge in [0, 0.05) is 18.1 Å². The van der Waals surface area contributed by atoms with Gasteiger partial charge in [0.2, 0.25) is 5.91 Å². The summed E-state index contributed by atoms with van der Waals surface area (Å²) in [6.07, 6.45) is 0. The van der Waals surface area contributed by atoms with Crippen molar-refractivity contribution >= 4 is 69.7 Å². The van der Waals surface area contributed by atoms with E-state index in [0.717, 1.165) is 22.4 Å². The summed E-state index contributed by atoms with van der Waals surface area (Å²) in [6, 6.07) is 5.84. The maximum atomic E-state index is 12.6. The van der Waals surface area contributed by atoms with Crippen molar-refractivity contribution in [2.75, 3.05) is 18.1 Å². The molecule has 0 aliphatic carbocycles. The van der Waals surface area contributed by atoms with Gasteiger partial charge in [-0.3, -0.25) is 4.79 Å². The van der Waals surface area contributed by atoms with Crippen LogP contribution in [0.25, 0.3) is 5.57 Å². The number of hydrogen-bond acceptors (Lipinski definition) is 8. The number of aryl methyl sites for hydroxylation is 1. The van der Waals surface area contributed by atoms with Crippen molar-refractivity contribution in [3.8, 4) is 0 Å². The number of anilines is 1. The fourth-order valence-corrected chi connectivity index (χ4v) is 6.68. The second kappa shape index (κ2) is 9.41. The van der Waals surface area contributed by atoms with Gasteiger partial charge in [-0.15, -0.1) is 0 Å². The molecule has 0 bridgehead atoms. The van der Waals surface area contributed by atoms with Crippen molar-refractivity contribution in [3.63, 3.8) is 0 Å². The van der Waals surface area contributed by atoms with Gasteiger partial charge in [0.25, 0.3) is 0 Å². The van der Waals surface area contributed by atoms with Gasteiger partial charge < -0.3 is 14.4 Å². The molecule has 0 N–H and O–H groups in total. The fraction of sp³-hybridized carbons (Fsp3) is 0.391. The van der Waals surface area contributed by atoms with Crippen molar-refractivity contribution in [2.24, 2.45) is 0 Å². The van der Waals surface area contributed by atoms with Crippen LogP contribution in [0.4, 0.5) is 5.69 Å². The van der Waals surface area contributed by atoms with Crippen LogP contribution in [0, 0.1) is 6.92 Å². The quantitative estimate of drug-likeness (QED) is 0.331. The first-order valence-electron chi connectivity index (χ1n) is 10.2. The Kier molecular flexibility index (Phi) is 7.21. The SMILES string of the molecule is CCOC(=O)C1=C(C(=O)OCC)SC(=C2C(=S)C(C)(C)N(C(C)=O)c3cc(C)ccc32)S1. The molecule has 0 spiro atoms. The number of carbonyl (C=O) groups excluding carboxylic acids is 3. The third-order valence-electron chi connectivity index (χ3n) is 5.04. The number of benzene rings is 1. The van der Waals surface area contributed by atoms with Crippen LogP contribution < -0.4 is 4.90 Å². The summed E-state index contributed by atoms with van der Waals surface area (Å²) in [5.74, 6) is -1.25. The average Bonchev–Trinajstić information content (AvgIpc) is 3.14. The number of amides is 1. The van der Waals surface area contributed by atoms with Crippen LogP contribution in [0.1, 0.15) is 45.7 Å². The van der Waals surface area contributed by atoms with Crippen LogP contribution in [-0.4, -0.2) is 41.5 Å². The smallest absolute Gasteiger partial charge is 0.346 e. The fourth-order valence-electron chi connectivity index (χ4n) is 3.70. The lowest BCUT2D eigenvalue weighted by molar-refractivity contribution is -0.140. The molecule has 2 aliphatic heterocycles. The van der Waals surface area contributed by atoms with Gasteiger partial charge in [0.15, 0.2) is 0 Å². The van der Waals surface area contributed by atoms with Gasteiger partial charge in [-0.05, 0) is 46.2 Å². The molecule has 2 heterocycles. The van der Waals surface area contributed by atoms with E-state index in [1.807, 2.05) is 39.0 Å². The molecule has 1 aromatic carbocycles. The van der Waals surface area contributed by atoms with E-state index in [2.05, 4.69) is 0 Å². The number of thiocarbonyl (C=S) groups is 1. The number of thioether (sulfide) groups is 2. The van der Waals surface area contributed by atoms with E-state index in [9.17, 15) is 14.4 Å². The first kappa shape index (κ1) is 24.5. The van der Waals surface area contributed by atoms with Crippen LogP contribution in [0.3, 0.4) is 0 Å². The van der Waals surface area contributed by atoms with E-state index in [1.54, 1.807) is 18.7 Å². The molecule has 9 heteroatoms. The molecule has 0 saturated carbocycles. The summed E-state index contributed by atoms with van der Waals surface area (Å²) in [6.45, 7) is 11.1. The van der Waals surface area contributed by atoms with Crippen molar-refractivity contribution in [3.05, 3.63) is 43.4 Å². The highest BCUT2D eigenvalue weighted by Gasteiger charge is 2.45. The molecule has 170 valence electrons. The molecular formula is C23H25NO5S3. The van der Waals surface area contributed by atoms with E-state index in [-0.39, 0.29) is 28.9 Å². The Morgan fingerprint density at radius 1 is 1.03 bits per heavy atom. The highest BCUT2D eigenvalue weighted by atomic mass is 32.2. The first-order chi connectivity index (χ1) is 15.0. The summed E-state index contributed by atoms with van der Waals surface area (Å²) in [5.41, 5.74) is 2.52. The van der Waals surface area contributed by atoms with Crippen LogP contribution in [-0.2, 0) is 23.9 Å². The average molecular weight is 492 g/mol. The molecule has 0 aromatic heterocycles. The molecule has 0 unspecified atom stereocenters. The third-order valence-corrected chi connectivity index (χ3v) is 8.30. The zero-order valence-corrected chi connectivity index (χ0v) is 21.3. The molecule has 0 atom stereocenters. The highest BCUT2D eigenvalue weighted by Crippen LogP contribution is 2.56. The van der Waals surface area contributed by atoms with Crippen LogP contribution in [0.15, 0.2) is 32.2 Å². The Morgan fingerprint density at radius 3 is 2.03 bits per heavy atom. The number of hydrogen-bond donors (Lipinski definition) is 0. The van der Waals surface area contributed by atoms with E-state index >= 15 is 0 Å². The second-order valence-corrected chi connectivity index (χ2v) is 10.4. The second-order valence-electron chi connectivity index (χ2n) is 7.73. The lowest BCUT2D eigenvalue weighted by Crippen LogP contribution is -2.55. The zero-order chi connectivity index (χ0) is 23.8. The Balaban J connectivity index is 2.21. The normalized spacial score (nSPS) is 17.4. The van der Waals surface area contributed by atoms with Crippen molar-refractivity contribution in [2.45, 2.75) is 47.1 Å². The minimum Gasteiger partial charge on any atom is -0.462 e. The lowest BCUT2D eigenvalue weighted by atomic mass is 9.83. The van der Waals surface area contributed by atoms with Gasteiger partial charge in [-0.1, -0.05) is 47.9 Å². The molecule has 1 aromatic rings. The summed E-state index contributed by atoms with van der Waals surface area (Å²) in [7, 11) is 0. The number of esters is 2. The van der Waals surface area contributed by atoms with Crippen LogP contribution in [0.5, 0.6) is 0 Å². The summed E-state index contributed by atoms with van der Waals surface area (Å²) >= 11 is 8.22. The van der Waals surface area contributed by atoms with Gasteiger partial charge in [-0.2, -0.15) is 0 Å². The topological polar surface area (TPSA) is 72.9 Å². The van der Waals surface area contributed by atoms with E-state index in [1.165, 1.54) is 30.4 Å². The Morgan fingerprint density at radius 2 is 1.56 bits per heavy atom. The van der Waals surface area contributed by atoms with Crippen LogP contribution in [0.2, 0.25) is 0 Å². The predicted molar refractivity (Wildman–Crippen MR) is 133 cm³/mol. The van der Waals surface area contributed by atoms with E-state index in [0.29, 0.717) is 9.10 Å². The van der Waals surface area contributed by atoms with Gasteiger partial charge >= 0.3 is 11.9 Å². The maximum Gasteiger partial charge on any atom is 0.346 e. The molecule has 6 nitrogen and oxygen atoms in total. The molecule has 32 heavy (non-hydrogen) atoms. The minimum absolute atomic E-state index is 0.113. The van der Waals surface area contributed by atoms with Crippen molar-refractivity contribution in [1.29, 1.82) is 0 Å². The van der Waals surface area contributed by atoms with Crippen molar-refractivity contribution < 1.29 is 23.9 Å². The highest BCUT2D eigenvalue weighted by molar-refractivity contribution is 8.29. The zero-order valence-electron chi connectivity index (χ0n) is 18.9. The monoisotopic (exact) mass is 491 g/mol. The number of fused-ring (bicyclic) bond motifs is 1. The summed E-state index contributed by atoms with van der Waals surface area (Å²) in [5, 5.41) is 0. The molecule has 0 radical (unpaired) electrons. The minimum atomic E-state index is -0.776. The Hall–Kier alpha value is -2.10. The van der Waals surface area contributed by atoms with Crippen molar-refractivity contribution in [1.82, 2.24) is 0 Å². The third kappa shape index (κ3) is 4.25. The van der Waals surface area contributed by atoms with Gasteiger partial charge in [0.05, 0.1) is 33.5 Å². The Bertz CT molecular complexity index is 1060. The van der Waals surface area contributed by atoms with Crippen LogP contribution >= 0.6 is 35.7 Å². The number of rotatable bonds is 4. The summed E-state index contributed by atoms with van der Waals surface area (Å²) < 4.78 is 11.0. The molecule has 3 rings (SSSR count). The lowest BCUT2D eigenvalue weighted by Gasteiger charge is -2.45. The summed E-state index contributed by atoms with van der Waals surface area (Å²) in [4.78, 5) is 40.5. The van der Waals surface area contributed by atoms with E-state index < -0.39 is 17.5 Å². The molecule has 0 fully saturated rings. The largest absolute Gasteiger partial charge is 0.462 e. The molecule has 1 amide bonds. The number of nitrogens with zero attached hydrogens (tertiary/aromatic N) is 1. The van der Waals surface area contributed by atoms with Gasteiger partial charge in [0.1, 0.15) is 9.81 Å². The van der Waals surface area contributed by atoms with E-state index in [4.69, 9.17) is 21.7 Å². The standard InChI is InChI=1S/C23H25NO5S3/c1-7-28-20(26)17-18(21(27)29-8-2)32-22(31-17)16-14-10-9-12(3)11-15(14)24(13(4)25)23(5,6)19(16)30/h9-11H,7-8H2,1-6H3. The molecule has 2 aliphatic rings. The number of carbonyl (C=O) groups is 3. The van der Waals surface area contributed by atoms with Gasteiger partial charge in [-0.25, -0.2) is 9.59 Å². The number of ether oxygens (including phenoxy) is 2. The predicted octanol–water partition coefficient (Wildman–Crippen LogP) is 5.00. The molecular weight excluding hydrogens is 466 g/mol. The first-order valence-corrected chi connectivity index (χ1v) is 12.2. The Labute approximate surface area is 201 Å². The molecule has 0 saturated heterocycles. The maximum absolute atomic E-state index is 12.6.